The van der Waals surface area contributed by atoms with Crippen molar-refractivity contribution >= 4 is 23.4 Å². The van der Waals surface area contributed by atoms with Gasteiger partial charge in [-0.3, -0.25) is 9.59 Å². The smallest absolute Gasteiger partial charge is 0.254 e. The summed E-state index contributed by atoms with van der Waals surface area (Å²) in [4.78, 5) is 28.2. The Morgan fingerprint density at radius 2 is 1.78 bits per heavy atom. The van der Waals surface area contributed by atoms with Gasteiger partial charge in [0.2, 0.25) is 0 Å². The van der Waals surface area contributed by atoms with Crippen LogP contribution in [0.25, 0.3) is 0 Å². The maximum absolute atomic E-state index is 14.0. The van der Waals surface area contributed by atoms with Crippen LogP contribution < -0.4 is 14.8 Å². The lowest BCUT2D eigenvalue weighted by atomic mass is 9.84. The molecule has 0 unspecified atom stereocenters. The van der Waals surface area contributed by atoms with Crippen LogP contribution in [0.5, 0.6) is 11.5 Å². The second-order valence-corrected chi connectivity index (χ2v) is 9.19. The van der Waals surface area contributed by atoms with E-state index >= 15 is 0 Å². The summed E-state index contributed by atoms with van der Waals surface area (Å²) in [5.74, 6) is 0.0217. The number of amides is 2. The summed E-state index contributed by atoms with van der Waals surface area (Å²) < 4.78 is 24.7. The normalized spacial score (nSPS) is 17.4. The Morgan fingerprint density at radius 1 is 1.03 bits per heavy atom. The third-order valence-corrected chi connectivity index (χ3v) is 6.91. The fraction of sp³-hybridized carbons (Fsp3) is 0.286. The van der Waals surface area contributed by atoms with Gasteiger partial charge in [-0.15, -0.1) is 0 Å². The van der Waals surface area contributed by atoms with E-state index in [1.807, 2.05) is 0 Å². The number of methoxy groups -OCH3 is 2. The topological polar surface area (TPSA) is 67.9 Å². The van der Waals surface area contributed by atoms with Crippen molar-refractivity contribution in [1.29, 1.82) is 0 Å². The van der Waals surface area contributed by atoms with E-state index in [0.29, 0.717) is 52.7 Å². The largest absolute Gasteiger partial charge is 0.493 e. The molecule has 188 valence electrons. The summed E-state index contributed by atoms with van der Waals surface area (Å²) in [5.41, 5.74) is 2.22. The molecule has 8 heteroatoms. The highest BCUT2D eigenvalue weighted by Crippen LogP contribution is 2.32. The van der Waals surface area contributed by atoms with Crippen LogP contribution in [0.3, 0.4) is 0 Å². The second-order valence-electron chi connectivity index (χ2n) is 8.78. The van der Waals surface area contributed by atoms with Gasteiger partial charge < -0.3 is 19.7 Å². The fourth-order valence-corrected chi connectivity index (χ4v) is 4.81. The predicted molar refractivity (Wildman–Crippen MR) is 137 cm³/mol. The number of nitrogens with zero attached hydrogens (tertiary/aromatic N) is 1. The van der Waals surface area contributed by atoms with Crippen LogP contribution in [-0.4, -0.2) is 50.1 Å². The first kappa shape index (κ1) is 25.5. The Hall–Kier alpha value is -3.58. The number of benzene rings is 3. The van der Waals surface area contributed by atoms with Gasteiger partial charge in [0.1, 0.15) is 5.82 Å². The molecule has 1 aliphatic rings. The average molecular weight is 511 g/mol. The molecule has 6 nitrogen and oxygen atoms in total. The maximum atomic E-state index is 14.0. The Bertz CT molecular complexity index is 1280. The van der Waals surface area contributed by atoms with Crippen LogP contribution in [0.4, 0.5) is 4.39 Å². The third kappa shape index (κ3) is 5.31. The zero-order valence-electron chi connectivity index (χ0n) is 20.4. The van der Waals surface area contributed by atoms with Crippen molar-refractivity contribution in [1.82, 2.24) is 10.2 Å². The van der Waals surface area contributed by atoms with E-state index in [4.69, 9.17) is 21.1 Å². The molecule has 1 aliphatic heterocycles. The van der Waals surface area contributed by atoms with Crippen LogP contribution >= 0.6 is 11.6 Å². The monoisotopic (exact) mass is 510 g/mol. The van der Waals surface area contributed by atoms with Gasteiger partial charge in [-0.2, -0.15) is 0 Å². The van der Waals surface area contributed by atoms with Crippen molar-refractivity contribution in [2.24, 2.45) is 0 Å². The molecular formula is C28H28ClFN2O4. The molecule has 1 N–H and O–H groups in total. The highest BCUT2D eigenvalue weighted by atomic mass is 35.5. The standard InChI is InChI=1S/C28H28ClFN2O4/c1-17-14-18(8-10-23(17)30)21-16-32(28(34)19-9-11-25(35-2)26(15-19)36-3)13-12-24(21)31-27(33)20-6-4-5-7-22(20)29/h4-11,14-15,21,24H,12-13,16H2,1-3H3,(H,31,33)/t21-,24+/m1/s1. The summed E-state index contributed by atoms with van der Waals surface area (Å²) in [6, 6.07) is 16.6. The summed E-state index contributed by atoms with van der Waals surface area (Å²) in [6.45, 7) is 2.49. The van der Waals surface area contributed by atoms with Gasteiger partial charge in [-0.1, -0.05) is 35.9 Å². The molecule has 1 saturated heterocycles. The number of hydrogen-bond acceptors (Lipinski definition) is 4. The van der Waals surface area contributed by atoms with Gasteiger partial charge in [0, 0.05) is 30.6 Å². The van der Waals surface area contributed by atoms with Crippen molar-refractivity contribution < 1.29 is 23.5 Å². The number of piperidine rings is 1. The number of ether oxygens (including phenoxy) is 2. The molecule has 36 heavy (non-hydrogen) atoms. The van der Waals surface area contributed by atoms with Crippen molar-refractivity contribution in [2.45, 2.75) is 25.3 Å². The lowest BCUT2D eigenvalue weighted by Gasteiger charge is -2.39. The van der Waals surface area contributed by atoms with Gasteiger partial charge in [0.15, 0.2) is 11.5 Å². The molecular weight excluding hydrogens is 483 g/mol. The summed E-state index contributed by atoms with van der Waals surface area (Å²) in [5, 5.41) is 3.47. The molecule has 3 aromatic rings. The van der Waals surface area contributed by atoms with Crippen LogP contribution in [0.1, 0.15) is 44.2 Å². The number of aryl methyl sites for hydroxylation is 1. The predicted octanol–water partition coefficient (Wildman–Crippen LogP) is 5.23. The molecule has 0 bridgehead atoms. The van der Waals surface area contributed by atoms with E-state index in [2.05, 4.69) is 5.32 Å². The van der Waals surface area contributed by atoms with E-state index in [1.165, 1.54) is 20.3 Å². The van der Waals surface area contributed by atoms with Crippen molar-refractivity contribution in [3.63, 3.8) is 0 Å². The minimum atomic E-state index is -0.301. The first-order valence-corrected chi connectivity index (χ1v) is 12.0. The molecule has 2 atom stereocenters. The first-order chi connectivity index (χ1) is 17.3. The summed E-state index contributed by atoms with van der Waals surface area (Å²) in [7, 11) is 3.06. The minimum Gasteiger partial charge on any atom is -0.493 e. The molecule has 0 saturated carbocycles. The summed E-state index contributed by atoms with van der Waals surface area (Å²) in [6.07, 6.45) is 0.524. The van der Waals surface area contributed by atoms with Crippen molar-refractivity contribution in [2.75, 3.05) is 27.3 Å². The van der Waals surface area contributed by atoms with E-state index in [-0.39, 0.29) is 29.6 Å². The third-order valence-electron chi connectivity index (χ3n) is 6.58. The molecule has 4 rings (SSSR count). The fourth-order valence-electron chi connectivity index (χ4n) is 4.59. The zero-order chi connectivity index (χ0) is 25.8. The number of nitrogens with one attached hydrogen (secondary N) is 1. The lowest BCUT2D eigenvalue weighted by Crippen LogP contribution is -2.51. The van der Waals surface area contributed by atoms with Gasteiger partial charge >= 0.3 is 0 Å². The summed E-state index contributed by atoms with van der Waals surface area (Å²) >= 11 is 6.23. The molecule has 1 fully saturated rings. The van der Waals surface area contributed by atoms with Gasteiger partial charge in [-0.25, -0.2) is 4.39 Å². The highest BCUT2D eigenvalue weighted by Gasteiger charge is 2.34. The number of halogens is 2. The number of rotatable bonds is 6. The number of carbonyl (C=O) groups is 2. The number of likely N-dealkylation sites (tertiary alicyclic amines) is 1. The number of hydrogen-bond donors (Lipinski definition) is 1. The molecule has 0 radical (unpaired) electrons. The van der Waals surface area contributed by atoms with Crippen LogP contribution in [-0.2, 0) is 0 Å². The molecule has 0 aliphatic carbocycles. The van der Waals surface area contributed by atoms with Gasteiger partial charge in [-0.05, 0) is 60.9 Å². The van der Waals surface area contributed by atoms with Crippen molar-refractivity contribution in [3.05, 3.63) is 93.8 Å². The van der Waals surface area contributed by atoms with E-state index in [0.717, 1.165) is 5.56 Å². The molecule has 0 aromatic heterocycles. The van der Waals surface area contributed by atoms with Crippen LogP contribution in [0.15, 0.2) is 60.7 Å². The maximum Gasteiger partial charge on any atom is 0.254 e. The Labute approximate surface area is 215 Å². The minimum absolute atomic E-state index is 0.157. The molecule has 1 heterocycles. The Balaban J connectivity index is 1.61. The Morgan fingerprint density at radius 3 is 2.47 bits per heavy atom. The van der Waals surface area contributed by atoms with E-state index in [1.54, 1.807) is 66.4 Å². The lowest BCUT2D eigenvalue weighted by molar-refractivity contribution is 0.0671. The van der Waals surface area contributed by atoms with Crippen LogP contribution in [0.2, 0.25) is 5.02 Å². The second kappa shape index (κ2) is 11.0. The number of carbonyl (C=O) groups excluding carboxylic acids is 2. The van der Waals surface area contributed by atoms with Gasteiger partial charge in [0.05, 0.1) is 24.8 Å². The van der Waals surface area contributed by atoms with E-state index in [9.17, 15) is 14.0 Å². The molecule has 3 aromatic carbocycles. The van der Waals surface area contributed by atoms with Crippen LogP contribution in [0, 0.1) is 12.7 Å². The molecule has 2 amide bonds. The quantitative estimate of drug-likeness (QED) is 0.493. The molecule has 0 spiro atoms. The van der Waals surface area contributed by atoms with E-state index < -0.39 is 0 Å². The zero-order valence-corrected chi connectivity index (χ0v) is 21.1. The van der Waals surface area contributed by atoms with Gasteiger partial charge in [0.25, 0.3) is 11.8 Å². The van der Waals surface area contributed by atoms with Crippen molar-refractivity contribution in [3.8, 4) is 11.5 Å². The highest BCUT2D eigenvalue weighted by molar-refractivity contribution is 6.33. The first-order valence-electron chi connectivity index (χ1n) is 11.6. The Kier molecular flexibility index (Phi) is 7.79. The average Bonchev–Trinajstić information content (AvgIpc) is 2.89. The SMILES string of the molecule is COc1ccc(C(=O)N2CC[C@H](NC(=O)c3ccccc3Cl)[C@@H](c3ccc(F)c(C)c3)C2)cc1OC.